The predicted octanol–water partition coefficient (Wildman–Crippen LogP) is 0.0501. The number of sulfone groups is 1. The van der Waals surface area contributed by atoms with E-state index in [-0.39, 0.29) is 11.5 Å². The third-order valence-corrected chi connectivity index (χ3v) is 5.85. The van der Waals surface area contributed by atoms with Crippen LogP contribution in [-0.2, 0) is 24.2 Å². The summed E-state index contributed by atoms with van der Waals surface area (Å²) in [6.45, 7) is 3.34. The minimum Gasteiger partial charge on any atom is -0.494 e. The van der Waals surface area contributed by atoms with Crippen LogP contribution in [0.4, 0.5) is 0 Å². The van der Waals surface area contributed by atoms with E-state index in [0.29, 0.717) is 24.3 Å². The van der Waals surface area contributed by atoms with Gasteiger partial charge in [0.05, 0.1) is 18.1 Å². The van der Waals surface area contributed by atoms with E-state index in [1.54, 1.807) is 24.3 Å². The summed E-state index contributed by atoms with van der Waals surface area (Å²) in [5.41, 5.74) is 0.351. The van der Waals surface area contributed by atoms with E-state index < -0.39 is 46.3 Å². The van der Waals surface area contributed by atoms with E-state index in [1.807, 2.05) is 6.92 Å². The fourth-order valence-electron chi connectivity index (χ4n) is 2.64. The number of rotatable bonds is 8. The van der Waals surface area contributed by atoms with Crippen molar-refractivity contribution in [3.05, 3.63) is 29.8 Å². The minimum atomic E-state index is -3.12. The van der Waals surface area contributed by atoms with E-state index in [9.17, 15) is 22.8 Å². The van der Waals surface area contributed by atoms with Crippen molar-refractivity contribution in [1.29, 1.82) is 0 Å². The molecule has 2 atom stereocenters. The van der Waals surface area contributed by atoms with Crippen molar-refractivity contribution in [2.24, 2.45) is 0 Å². The van der Waals surface area contributed by atoms with Gasteiger partial charge >= 0.3 is 5.97 Å². The summed E-state index contributed by atoms with van der Waals surface area (Å²) in [6, 6.07) is 5.95. The molecule has 0 aromatic heterocycles. The summed E-state index contributed by atoms with van der Waals surface area (Å²) in [5.74, 6) is -1.27. The molecular formula is C18H24N2O7S. The smallest absolute Gasteiger partial charge is 0.326 e. The Morgan fingerprint density at radius 2 is 1.89 bits per heavy atom. The Morgan fingerprint density at radius 1 is 1.21 bits per heavy atom. The average Bonchev–Trinajstić information content (AvgIpc) is 2.99. The van der Waals surface area contributed by atoms with Gasteiger partial charge in [0, 0.05) is 11.6 Å². The lowest BCUT2D eigenvalue weighted by atomic mass is 10.2. The quantitative estimate of drug-likeness (QED) is 0.578. The molecule has 1 aliphatic heterocycles. The first-order valence-electron chi connectivity index (χ1n) is 8.91. The van der Waals surface area contributed by atoms with E-state index in [2.05, 4.69) is 10.6 Å². The van der Waals surface area contributed by atoms with Crippen LogP contribution in [0.2, 0.25) is 0 Å². The maximum atomic E-state index is 12.0. The van der Waals surface area contributed by atoms with Crippen LogP contribution in [0.3, 0.4) is 0 Å². The van der Waals surface area contributed by atoms with Gasteiger partial charge in [-0.1, -0.05) is 0 Å². The summed E-state index contributed by atoms with van der Waals surface area (Å²) < 4.78 is 33.1. The zero-order valence-corrected chi connectivity index (χ0v) is 16.6. The first-order valence-corrected chi connectivity index (χ1v) is 10.7. The molecule has 1 aromatic rings. The number of ether oxygens (including phenoxy) is 2. The lowest BCUT2D eigenvalue weighted by Crippen LogP contribution is -2.43. The van der Waals surface area contributed by atoms with Gasteiger partial charge in [-0.05, 0) is 44.5 Å². The number of benzene rings is 1. The van der Waals surface area contributed by atoms with Gasteiger partial charge in [0.1, 0.15) is 12.3 Å². The van der Waals surface area contributed by atoms with Crippen LogP contribution >= 0.6 is 0 Å². The Bertz CT molecular complexity index is 821. The third-order valence-electron chi connectivity index (χ3n) is 4.08. The molecule has 0 bridgehead atoms. The van der Waals surface area contributed by atoms with Crippen molar-refractivity contribution in [2.45, 2.75) is 32.4 Å². The summed E-state index contributed by atoms with van der Waals surface area (Å²) >= 11 is 0. The number of hydrogen-bond donors (Lipinski definition) is 2. The molecule has 0 spiro atoms. The second kappa shape index (κ2) is 9.54. The number of esters is 1. The number of carbonyl (C=O) groups is 3. The van der Waals surface area contributed by atoms with Crippen molar-refractivity contribution in [2.75, 3.05) is 24.7 Å². The fraction of sp³-hybridized carbons (Fsp3) is 0.500. The van der Waals surface area contributed by atoms with E-state index in [0.717, 1.165) is 0 Å². The molecule has 154 valence electrons. The number of carbonyl (C=O) groups excluding carboxylic acids is 3. The van der Waals surface area contributed by atoms with Gasteiger partial charge in [-0.15, -0.1) is 0 Å². The molecule has 0 unspecified atom stereocenters. The number of hydrogen-bond acceptors (Lipinski definition) is 7. The molecule has 0 radical (unpaired) electrons. The van der Waals surface area contributed by atoms with E-state index >= 15 is 0 Å². The standard InChI is InChI=1S/C18H24N2O7S/c1-3-26-15-6-4-13(5-7-15)18(23)19-10-16(21)27-12(2)17(22)20-14-8-9-28(24,25)11-14/h4-7,12,14H,3,8-11H2,1-2H3,(H,19,23)(H,20,22)/t12-,14+/m1/s1. The Labute approximate surface area is 163 Å². The van der Waals surface area contributed by atoms with Gasteiger partial charge < -0.3 is 20.1 Å². The van der Waals surface area contributed by atoms with Crippen LogP contribution in [0.1, 0.15) is 30.6 Å². The van der Waals surface area contributed by atoms with Crippen LogP contribution in [0, 0.1) is 0 Å². The molecule has 1 aliphatic rings. The maximum Gasteiger partial charge on any atom is 0.326 e. The molecule has 0 saturated carbocycles. The van der Waals surface area contributed by atoms with Crippen LogP contribution < -0.4 is 15.4 Å². The molecule has 28 heavy (non-hydrogen) atoms. The predicted molar refractivity (Wildman–Crippen MR) is 101 cm³/mol. The third kappa shape index (κ3) is 6.52. The highest BCUT2D eigenvalue weighted by Gasteiger charge is 2.30. The Morgan fingerprint density at radius 3 is 2.46 bits per heavy atom. The summed E-state index contributed by atoms with van der Waals surface area (Å²) in [4.78, 5) is 35.9. The number of amides is 2. The van der Waals surface area contributed by atoms with Gasteiger partial charge in [-0.25, -0.2) is 8.42 Å². The van der Waals surface area contributed by atoms with Gasteiger partial charge in [0.25, 0.3) is 11.8 Å². The van der Waals surface area contributed by atoms with E-state index in [4.69, 9.17) is 9.47 Å². The molecule has 1 saturated heterocycles. The van der Waals surface area contributed by atoms with Crippen molar-refractivity contribution in [3.8, 4) is 5.75 Å². The number of nitrogens with one attached hydrogen (secondary N) is 2. The molecule has 1 heterocycles. The highest BCUT2D eigenvalue weighted by Crippen LogP contribution is 2.12. The van der Waals surface area contributed by atoms with Crippen molar-refractivity contribution in [3.63, 3.8) is 0 Å². The molecule has 1 fully saturated rings. The summed E-state index contributed by atoms with van der Waals surface area (Å²) in [7, 11) is -3.12. The molecule has 10 heteroatoms. The van der Waals surface area contributed by atoms with Gasteiger partial charge in [-0.2, -0.15) is 0 Å². The zero-order chi connectivity index (χ0) is 20.7. The van der Waals surface area contributed by atoms with Crippen molar-refractivity contribution >= 4 is 27.6 Å². The highest BCUT2D eigenvalue weighted by molar-refractivity contribution is 7.91. The highest BCUT2D eigenvalue weighted by atomic mass is 32.2. The topological polar surface area (TPSA) is 128 Å². The molecule has 2 rings (SSSR count). The Kier molecular flexibility index (Phi) is 7.38. The van der Waals surface area contributed by atoms with Crippen LogP contribution in [-0.4, -0.2) is 63.0 Å². The minimum absolute atomic E-state index is 0.0314. The second-order valence-electron chi connectivity index (χ2n) is 6.38. The zero-order valence-electron chi connectivity index (χ0n) is 15.8. The fourth-order valence-corrected chi connectivity index (χ4v) is 4.32. The van der Waals surface area contributed by atoms with Gasteiger partial charge in [-0.3, -0.25) is 14.4 Å². The Hall–Kier alpha value is -2.62. The summed E-state index contributed by atoms with van der Waals surface area (Å²) in [6.07, 6.45) is -0.759. The van der Waals surface area contributed by atoms with E-state index in [1.165, 1.54) is 6.92 Å². The normalized spacial score (nSPS) is 18.7. The lowest BCUT2D eigenvalue weighted by molar-refractivity contribution is -0.154. The van der Waals surface area contributed by atoms with Crippen LogP contribution in [0.5, 0.6) is 5.75 Å². The molecule has 9 nitrogen and oxygen atoms in total. The maximum absolute atomic E-state index is 12.0. The molecule has 0 aliphatic carbocycles. The monoisotopic (exact) mass is 412 g/mol. The Balaban J connectivity index is 1.75. The molecule has 2 N–H and O–H groups in total. The van der Waals surface area contributed by atoms with Crippen LogP contribution in [0.15, 0.2) is 24.3 Å². The van der Waals surface area contributed by atoms with Crippen molar-refractivity contribution < 1.29 is 32.3 Å². The molecule has 1 aromatic carbocycles. The molecule has 2 amide bonds. The first-order chi connectivity index (χ1) is 13.2. The van der Waals surface area contributed by atoms with Gasteiger partial charge in [0.15, 0.2) is 15.9 Å². The second-order valence-corrected chi connectivity index (χ2v) is 8.61. The molecular weight excluding hydrogens is 388 g/mol. The van der Waals surface area contributed by atoms with Crippen molar-refractivity contribution in [1.82, 2.24) is 10.6 Å². The average molecular weight is 412 g/mol. The SMILES string of the molecule is CCOc1ccc(C(=O)NCC(=O)O[C@H](C)C(=O)N[C@H]2CCS(=O)(=O)C2)cc1. The van der Waals surface area contributed by atoms with Gasteiger partial charge in [0.2, 0.25) is 0 Å². The first kappa shape index (κ1) is 21.7. The largest absolute Gasteiger partial charge is 0.494 e. The van der Waals surface area contributed by atoms with Crippen LogP contribution in [0.25, 0.3) is 0 Å². The lowest BCUT2D eigenvalue weighted by Gasteiger charge is -2.16. The summed E-state index contributed by atoms with van der Waals surface area (Å²) in [5, 5.41) is 4.96.